The molecule has 6 nitrogen and oxygen atoms in total. The van der Waals surface area contributed by atoms with Crippen LogP contribution in [0.25, 0.3) is 22.4 Å². The Hall–Kier alpha value is -3.55. The van der Waals surface area contributed by atoms with Crippen molar-refractivity contribution in [3.05, 3.63) is 88.7 Å². The third kappa shape index (κ3) is 4.07. The van der Waals surface area contributed by atoms with Crippen molar-refractivity contribution < 1.29 is 14.7 Å². The van der Waals surface area contributed by atoms with Crippen LogP contribution in [0.1, 0.15) is 21.0 Å². The van der Waals surface area contributed by atoms with Gasteiger partial charge < -0.3 is 10.4 Å². The van der Waals surface area contributed by atoms with Crippen LogP contribution >= 0.6 is 22.9 Å². The first-order chi connectivity index (χ1) is 14.5. The molecule has 0 spiro atoms. The molecule has 148 valence electrons. The Morgan fingerprint density at radius 3 is 2.40 bits per heavy atom. The molecule has 0 unspecified atom stereocenters. The van der Waals surface area contributed by atoms with E-state index in [9.17, 15) is 14.7 Å². The van der Waals surface area contributed by atoms with Gasteiger partial charge in [-0.15, -0.1) is 11.3 Å². The summed E-state index contributed by atoms with van der Waals surface area (Å²) in [6.45, 7) is 0. The highest BCUT2D eigenvalue weighted by molar-refractivity contribution is 7.15. The van der Waals surface area contributed by atoms with E-state index >= 15 is 0 Å². The molecular weight excluding hydrogens is 422 g/mol. The minimum atomic E-state index is -1.14. The van der Waals surface area contributed by atoms with Gasteiger partial charge in [0.15, 0.2) is 0 Å². The normalized spacial score (nSPS) is 10.6. The minimum Gasteiger partial charge on any atom is -0.478 e. The summed E-state index contributed by atoms with van der Waals surface area (Å²) in [6, 6.07) is 17.9. The number of amides is 1. The molecule has 2 aromatic heterocycles. The number of anilines is 1. The fourth-order valence-electron chi connectivity index (χ4n) is 2.90. The number of aromatic nitrogens is 2. The molecule has 0 fully saturated rings. The molecule has 0 aliphatic carbocycles. The average molecular weight is 436 g/mol. The van der Waals surface area contributed by atoms with Crippen LogP contribution in [-0.4, -0.2) is 27.0 Å². The van der Waals surface area contributed by atoms with E-state index in [1.54, 1.807) is 35.7 Å². The summed E-state index contributed by atoms with van der Waals surface area (Å²) in [6.07, 6.45) is 1.50. The zero-order valence-electron chi connectivity index (χ0n) is 15.4. The first kappa shape index (κ1) is 19.8. The Morgan fingerprint density at radius 1 is 0.967 bits per heavy atom. The highest BCUT2D eigenvalue weighted by Crippen LogP contribution is 2.36. The standard InChI is InChI=1S/C22H14ClN3O3S/c23-15-8-6-13(7-9-15)16-12-30-21(18(16)22(28)29)26-20(27)19-24-11-10-17(25-19)14-4-2-1-3-5-14/h1-12H,(H,26,27)(H,28,29). The van der Waals surface area contributed by atoms with Crippen molar-refractivity contribution in [1.82, 2.24) is 9.97 Å². The van der Waals surface area contributed by atoms with Gasteiger partial charge in [-0.1, -0.05) is 54.1 Å². The van der Waals surface area contributed by atoms with Crippen LogP contribution in [0.15, 0.2) is 72.2 Å². The van der Waals surface area contributed by atoms with Gasteiger partial charge in [-0.2, -0.15) is 0 Å². The Labute approximate surface area is 180 Å². The molecule has 0 saturated carbocycles. The third-order valence-electron chi connectivity index (χ3n) is 4.32. The summed E-state index contributed by atoms with van der Waals surface area (Å²) in [5.74, 6) is -1.77. The number of carboxylic acid groups (broad SMARTS) is 1. The number of benzene rings is 2. The number of hydrogen-bond donors (Lipinski definition) is 2. The van der Waals surface area contributed by atoms with Gasteiger partial charge in [0.2, 0.25) is 5.82 Å². The van der Waals surface area contributed by atoms with Gasteiger partial charge in [0.25, 0.3) is 5.91 Å². The quantitative estimate of drug-likeness (QED) is 0.433. The Morgan fingerprint density at radius 2 is 1.70 bits per heavy atom. The fourth-order valence-corrected chi connectivity index (χ4v) is 3.98. The lowest BCUT2D eigenvalue weighted by molar-refractivity contribution is 0.0699. The van der Waals surface area contributed by atoms with E-state index in [4.69, 9.17) is 11.6 Å². The van der Waals surface area contributed by atoms with Crippen LogP contribution in [0.5, 0.6) is 0 Å². The van der Waals surface area contributed by atoms with Crippen LogP contribution in [0, 0.1) is 0 Å². The number of thiophene rings is 1. The molecule has 0 bridgehead atoms. The maximum atomic E-state index is 12.7. The maximum Gasteiger partial charge on any atom is 0.339 e. The summed E-state index contributed by atoms with van der Waals surface area (Å²) in [5.41, 5.74) is 2.65. The summed E-state index contributed by atoms with van der Waals surface area (Å²) < 4.78 is 0. The highest BCUT2D eigenvalue weighted by Gasteiger charge is 2.22. The predicted octanol–water partition coefficient (Wildman–Crippen LogP) is 5.48. The number of nitrogens with one attached hydrogen (secondary N) is 1. The van der Waals surface area contributed by atoms with E-state index in [2.05, 4.69) is 15.3 Å². The van der Waals surface area contributed by atoms with Crippen molar-refractivity contribution in [1.29, 1.82) is 0 Å². The summed E-state index contributed by atoms with van der Waals surface area (Å²) in [4.78, 5) is 33.0. The lowest BCUT2D eigenvalue weighted by atomic mass is 10.0. The van der Waals surface area contributed by atoms with E-state index in [1.165, 1.54) is 6.20 Å². The molecule has 30 heavy (non-hydrogen) atoms. The second-order valence-electron chi connectivity index (χ2n) is 6.25. The van der Waals surface area contributed by atoms with E-state index in [1.807, 2.05) is 30.3 Å². The van der Waals surface area contributed by atoms with E-state index < -0.39 is 11.9 Å². The van der Waals surface area contributed by atoms with Crippen molar-refractivity contribution in [2.24, 2.45) is 0 Å². The molecule has 4 rings (SSSR count). The van der Waals surface area contributed by atoms with Crippen LogP contribution < -0.4 is 5.32 Å². The molecule has 2 N–H and O–H groups in total. The number of carbonyl (C=O) groups excluding carboxylic acids is 1. The van der Waals surface area contributed by atoms with Gasteiger partial charge in [0, 0.05) is 27.7 Å². The molecule has 0 saturated heterocycles. The zero-order valence-corrected chi connectivity index (χ0v) is 16.9. The largest absolute Gasteiger partial charge is 0.478 e. The number of nitrogens with zero attached hydrogens (tertiary/aromatic N) is 2. The van der Waals surface area contributed by atoms with E-state index in [0.717, 1.165) is 16.9 Å². The van der Waals surface area contributed by atoms with Gasteiger partial charge in [-0.3, -0.25) is 4.79 Å². The third-order valence-corrected chi connectivity index (χ3v) is 5.46. The molecule has 0 atom stereocenters. The first-order valence-electron chi connectivity index (χ1n) is 8.83. The number of aromatic carboxylic acids is 1. The Bertz CT molecular complexity index is 1220. The van der Waals surface area contributed by atoms with Crippen LogP contribution in [0.3, 0.4) is 0 Å². The minimum absolute atomic E-state index is 0.00915. The second kappa shape index (κ2) is 8.44. The lowest BCUT2D eigenvalue weighted by Gasteiger charge is -2.07. The predicted molar refractivity (Wildman–Crippen MR) is 117 cm³/mol. The summed E-state index contributed by atoms with van der Waals surface area (Å²) in [5, 5.41) is 14.8. The van der Waals surface area contributed by atoms with Gasteiger partial charge in [0.1, 0.15) is 10.6 Å². The number of rotatable bonds is 5. The molecule has 0 aliphatic heterocycles. The maximum absolute atomic E-state index is 12.7. The average Bonchev–Trinajstić information content (AvgIpc) is 3.19. The SMILES string of the molecule is O=C(Nc1scc(-c2ccc(Cl)cc2)c1C(=O)O)c1nccc(-c2ccccc2)n1. The molecule has 8 heteroatoms. The van der Waals surface area contributed by atoms with Gasteiger partial charge in [-0.05, 0) is 23.8 Å². The van der Waals surface area contributed by atoms with Crippen LogP contribution in [-0.2, 0) is 0 Å². The van der Waals surface area contributed by atoms with Crippen molar-refractivity contribution in [3.8, 4) is 22.4 Å². The molecule has 0 aliphatic rings. The fraction of sp³-hybridized carbons (Fsp3) is 0. The van der Waals surface area contributed by atoms with Crippen molar-refractivity contribution >= 4 is 39.8 Å². The molecular formula is C22H14ClN3O3S. The van der Waals surface area contributed by atoms with Crippen molar-refractivity contribution in [2.75, 3.05) is 5.32 Å². The molecule has 2 aromatic carbocycles. The topological polar surface area (TPSA) is 92.2 Å². The van der Waals surface area contributed by atoms with E-state index in [-0.39, 0.29) is 16.4 Å². The number of carboxylic acids is 1. The molecule has 1 amide bonds. The summed E-state index contributed by atoms with van der Waals surface area (Å²) >= 11 is 7.04. The first-order valence-corrected chi connectivity index (χ1v) is 10.1. The lowest BCUT2D eigenvalue weighted by Crippen LogP contribution is -2.17. The Kier molecular flexibility index (Phi) is 5.56. The molecule has 4 aromatic rings. The van der Waals surface area contributed by atoms with Crippen LogP contribution in [0.4, 0.5) is 5.00 Å². The van der Waals surface area contributed by atoms with Crippen LogP contribution in [0.2, 0.25) is 5.02 Å². The second-order valence-corrected chi connectivity index (χ2v) is 7.57. The van der Waals surface area contributed by atoms with Crippen molar-refractivity contribution in [2.45, 2.75) is 0 Å². The number of carbonyl (C=O) groups is 2. The Balaban J connectivity index is 1.64. The molecule has 2 heterocycles. The van der Waals surface area contributed by atoms with Crippen molar-refractivity contribution in [3.63, 3.8) is 0 Å². The van der Waals surface area contributed by atoms with Gasteiger partial charge >= 0.3 is 5.97 Å². The van der Waals surface area contributed by atoms with Gasteiger partial charge in [-0.25, -0.2) is 14.8 Å². The van der Waals surface area contributed by atoms with E-state index in [0.29, 0.717) is 21.8 Å². The molecule has 0 radical (unpaired) electrons. The number of halogens is 1. The summed E-state index contributed by atoms with van der Waals surface area (Å²) in [7, 11) is 0. The zero-order chi connectivity index (χ0) is 21.1. The smallest absolute Gasteiger partial charge is 0.339 e. The number of hydrogen-bond acceptors (Lipinski definition) is 5. The van der Waals surface area contributed by atoms with Gasteiger partial charge in [0.05, 0.1) is 5.69 Å². The highest BCUT2D eigenvalue weighted by atomic mass is 35.5. The monoisotopic (exact) mass is 435 g/mol.